The van der Waals surface area contributed by atoms with Crippen LogP contribution in [0.4, 0.5) is 5.69 Å². The Morgan fingerprint density at radius 3 is 2.67 bits per heavy atom. The number of pyridine rings is 1. The van der Waals surface area contributed by atoms with Gasteiger partial charge in [0.2, 0.25) is 5.91 Å². The fraction of sp³-hybridized carbons (Fsp3) is 0.450. The van der Waals surface area contributed by atoms with E-state index in [4.69, 9.17) is 0 Å². The van der Waals surface area contributed by atoms with Gasteiger partial charge in [-0.05, 0) is 40.4 Å². The van der Waals surface area contributed by atoms with Crippen LogP contribution < -0.4 is 4.90 Å². The number of aromatic nitrogens is 3. The highest BCUT2D eigenvalue weighted by Gasteiger charge is 2.35. The topological polar surface area (TPSA) is 54.3 Å². The number of anilines is 1. The molecule has 0 unspecified atom stereocenters. The second kappa shape index (κ2) is 6.48. The molecule has 0 atom stereocenters. The molecule has 140 valence electrons. The van der Waals surface area contributed by atoms with Crippen molar-refractivity contribution in [2.45, 2.75) is 19.3 Å². The number of aryl methyl sites for hydroxylation is 1. The number of halogens is 1. The Labute approximate surface area is 167 Å². The van der Waals surface area contributed by atoms with E-state index in [9.17, 15) is 4.79 Å². The molecule has 2 aromatic heterocycles. The van der Waals surface area contributed by atoms with Gasteiger partial charge in [0, 0.05) is 79.3 Å². The van der Waals surface area contributed by atoms with Crippen LogP contribution in [0.3, 0.4) is 0 Å². The smallest absolute Gasteiger partial charge is 0.225 e. The number of rotatable bonds is 3. The molecule has 3 heterocycles. The molecule has 3 aliphatic rings. The first-order chi connectivity index (χ1) is 13.1. The summed E-state index contributed by atoms with van der Waals surface area (Å²) in [4.78, 5) is 21.4. The molecule has 0 radical (unpaired) electrons. The molecule has 1 aliphatic heterocycles. The van der Waals surface area contributed by atoms with Crippen molar-refractivity contribution in [3.8, 4) is 0 Å². The van der Waals surface area contributed by atoms with E-state index < -0.39 is 0 Å². The molecule has 27 heavy (non-hydrogen) atoms. The van der Waals surface area contributed by atoms with E-state index in [0.717, 1.165) is 61.2 Å². The van der Waals surface area contributed by atoms with Crippen LogP contribution in [0.5, 0.6) is 0 Å². The Morgan fingerprint density at radius 2 is 2.00 bits per heavy atom. The maximum absolute atomic E-state index is 12.3. The van der Waals surface area contributed by atoms with E-state index in [2.05, 4.69) is 37.0 Å². The summed E-state index contributed by atoms with van der Waals surface area (Å²) in [5.41, 5.74) is 5.88. The van der Waals surface area contributed by atoms with Gasteiger partial charge in [0.05, 0.1) is 11.9 Å². The van der Waals surface area contributed by atoms with Crippen molar-refractivity contribution >= 4 is 37.6 Å². The number of allylic oxidation sites excluding steroid dienone is 1. The minimum absolute atomic E-state index is 0.306. The number of nitrogens with zero attached hydrogens (tertiary/aromatic N) is 5. The minimum atomic E-state index is 0.306. The number of amides is 1. The average Bonchev–Trinajstić information content (AvgIpc) is 3.37. The fourth-order valence-electron chi connectivity index (χ4n) is 4.09. The Kier molecular flexibility index (Phi) is 4.07. The van der Waals surface area contributed by atoms with Crippen LogP contribution >= 0.6 is 15.9 Å². The van der Waals surface area contributed by atoms with Gasteiger partial charge in [-0.2, -0.15) is 5.10 Å². The first-order valence-corrected chi connectivity index (χ1v) is 10.3. The van der Waals surface area contributed by atoms with Crippen LogP contribution in [0.2, 0.25) is 0 Å². The van der Waals surface area contributed by atoms with Crippen molar-refractivity contribution < 1.29 is 4.79 Å². The van der Waals surface area contributed by atoms with E-state index in [0.29, 0.717) is 11.8 Å². The predicted molar refractivity (Wildman–Crippen MR) is 108 cm³/mol. The molecule has 1 saturated heterocycles. The van der Waals surface area contributed by atoms with E-state index in [-0.39, 0.29) is 0 Å². The van der Waals surface area contributed by atoms with E-state index in [1.54, 1.807) is 0 Å². The lowest BCUT2D eigenvalue weighted by atomic mass is 10.1. The van der Waals surface area contributed by atoms with Crippen LogP contribution in [0, 0.1) is 5.92 Å². The molecule has 0 bridgehead atoms. The van der Waals surface area contributed by atoms with E-state index in [1.165, 1.54) is 16.8 Å². The van der Waals surface area contributed by atoms with E-state index >= 15 is 0 Å². The van der Waals surface area contributed by atoms with E-state index in [1.807, 2.05) is 35.2 Å². The molecule has 2 aromatic rings. The van der Waals surface area contributed by atoms with Crippen LogP contribution in [-0.4, -0.2) is 51.8 Å². The normalized spacial score (nSPS) is 19.6. The van der Waals surface area contributed by atoms with Gasteiger partial charge in [0.15, 0.2) is 0 Å². The van der Waals surface area contributed by atoms with Crippen LogP contribution in [0.15, 0.2) is 24.7 Å². The third-order valence-corrected chi connectivity index (χ3v) is 6.62. The monoisotopic (exact) mass is 427 g/mol. The summed E-state index contributed by atoms with van der Waals surface area (Å²) in [5.74, 6) is 0.662. The second-order valence-electron chi connectivity index (χ2n) is 7.61. The first kappa shape index (κ1) is 17.0. The molecule has 0 N–H and O–H groups in total. The molecule has 0 aromatic carbocycles. The number of hydrogen-bond donors (Lipinski definition) is 0. The Hall–Kier alpha value is -2.15. The molecule has 2 aliphatic carbocycles. The lowest BCUT2D eigenvalue weighted by molar-refractivity contribution is -0.132. The molecular weight excluding hydrogens is 406 g/mol. The zero-order valence-electron chi connectivity index (χ0n) is 15.4. The maximum Gasteiger partial charge on any atom is 0.225 e. The van der Waals surface area contributed by atoms with Crippen molar-refractivity contribution in [2.24, 2.45) is 13.0 Å². The minimum Gasteiger partial charge on any atom is -0.367 e. The summed E-state index contributed by atoms with van der Waals surface area (Å²) < 4.78 is 2.95. The third kappa shape index (κ3) is 2.98. The van der Waals surface area contributed by atoms with Crippen LogP contribution in [0.25, 0.3) is 10.1 Å². The largest absolute Gasteiger partial charge is 0.367 e. The van der Waals surface area contributed by atoms with Gasteiger partial charge in [-0.1, -0.05) is 0 Å². The van der Waals surface area contributed by atoms with Gasteiger partial charge in [-0.3, -0.25) is 14.5 Å². The predicted octanol–water partition coefficient (Wildman–Crippen LogP) is 2.69. The van der Waals surface area contributed by atoms with Crippen molar-refractivity contribution in [1.82, 2.24) is 19.7 Å². The molecule has 2 fully saturated rings. The van der Waals surface area contributed by atoms with Gasteiger partial charge in [-0.15, -0.1) is 0 Å². The lowest BCUT2D eigenvalue weighted by Crippen LogP contribution is -2.49. The highest BCUT2D eigenvalue weighted by Crippen LogP contribution is 2.45. The lowest BCUT2D eigenvalue weighted by Gasteiger charge is -2.37. The fourth-order valence-corrected chi connectivity index (χ4v) is 4.89. The standard InChI is InChI=1S/C20H22BrN5O/c1-24-12-14(11-23-24)15-10-16-18(19(15)21)17(4-5-22-16)25-6-8-26(9-7-25)20(27)13-2-3-13/h4-5,11-13H,2-3,6-10H2,1H3. The van der Waals surface area contributed by atoms with Crippen molar-refractivity contribution in [1.29, 1.82) is 0 Å². The molecular formula is C20H22BrN5O. The number of piperazine rings is 1. The average molecular weight is 428 g/mol. The molecule has 7 heteroatoms. The van der Waals surface area contributed by atoms with Crippen molar-refractivity contribution in [3.05, 3.63) is 41.5 Å². The number of hydrogen-bond acceptors (Lipinski definition) is 4. The van der Waals surface area contributed by atoms with Gasteiger partial charge in [0.1, 0.15) is 0 Å². The molecule has 0 spiro atoms. The van der Waals surface area contributed by atoms with Crippen LogP contribution in [0.1, 0.15) is 29.7 Å². The quantitative estimate of drug-likeness (QED) is 0.755. The summed E-state index contributed by atoms with van der Waals surface area (Å²) in [7, 11) is 1.94. The van der Waals surface area contributed by atoms with Gasteiger partial charge in [0.25, 0.3) is 0 Å². The van der Waals surface area contributed by atoms with Gasteiger partial charge in [-0.25, -0.2) is 0 Å². The van der Waals surface area contributed by atoms with Crippen molar-refractivity contribution in [2.75, 3.05) is 31.1 Å². The number of carbonyl (C=O) groups is 1. The Balaban J connectivity index is 1.41. The Bertz CT molecular complexity index is 938. The first-order valence-electron chi connectivity index (χ1n) is 9.51. The Morgan fingerprint density at radius 1 is 1.22 bits per heavy atom. The summed E-state index contributed by atoms with van der Waals surface area (Å²) in [6.07, 6.45) is 8.82. The highest BCUT2D eigenvalue weighted by molar-refractivity contribution is 9.15. The highest BCUT2D eigenvalue weighted by atomic mass is 79.9. The van der Waals surface area contributed by atoms with Crippen LogP contribution in [-0.2, 0) is 18.3 Å². The molecule has 6 nitrogen and oxygen atoms in total. The number of carbonyl (C=O) groups excluding carboxylic acids is 1. The van der Waals surface area contributed by atoms with Gasteiger partial charge >= 0.3 is 0 Å². The summed E-state index contributed by atoms with van der Waals surface area (Å²) in [6, 6.07) is 2.10. The summed E-state index contributed by atoms with van der Waals surface area (Å²) in [6.45, 7) is 3.36. The molecule has 1 saturated carbocycles. The molecule has 1 amide bonds. The zero-order chi connectivity index (χ0) is 18.5. The maximum atomic E-state index is 12.3. The molecule has 5 rings (SSSR count). The summed E-state index contributed by atoms with van der Waals surface area (Å²) >= 11 is 3.84. The zero-order valence-corrected chi connectivity index (χ0v) is 16.9. The number of fused-ring (bicyclic) bond motifs is 1. The third-order valence-electron chi connectivity index (χ3n) is 5.75. The second-order valence-corrected chi connectivity index (χ2v) is 8.40. The van der Waals surface area contributed by atoms with Crippen molar-refractivity contribution in [3.63, 3.8) is 0 Å². The summed E-state index contributed by atoms with van der Waals surface area (Å²) in [5, 5.41) is 4.31. The van der Waals surface area contributed by atoms with Gasteiger partial charge < -0.3 is 9.80 Å². The SMILES string of the molecule is Cn1cc(C2=C(Br)c3c(N4CCN(C(=O)C5CC5)CC4)ccnc3C2)cn1.